The Morgan fingerprint density at radius 2 is 1.92 bits per heavy atom. The number of halogens is 3. The van der Waals surface area contributed by atoms with Crippen LogP contribution < -0.4 is 10.6 Å². The van der Waals surface area contributed by atoms with Crippen LogP contribution in [0.1, 0.15) is 29.8 Å². The highest BCUT2D eigenvalue weighted by Gasteiger charge is 2.29. The minimum atomic E-state index is -4.36. The molecule has 0 spiro atoms. The Bertz CT molecular complexity index is 1330. The zero-order valence-electron chi connectivity index (χ0n) is 22.6. The molecule has 3 aromatic rings. The molecule has 3 heterocycles. The van der Waals surface area contributed by atoms with Gasteiger partial charge in [0.15, 0.2) is 0 Å². The van der Waals surface area contributed by atoms with Crippen LogP contribution in [0, 0.1) is 18.8 Å². The van der Waals surface area contributed by atoms with Crippen molar-refractivity contribution in [1.29, 1.82) is 0 Å². The summed E-state index contributed by atoms with van der Waals surface area (Å²) in [6.07, 6.45) is -0.927. The summed E-state index contributed by atoms with van der Waals surface area (Å²) in [7, 11) is 3.77. The van der Waals surface area contributed by atoms with E-state index in [1.165, 1.54) is 4.57 Å². The molecule has 1 aromatic carbocycles. The molecule has 208 valence electrons. The van der Waals surface area contributed by atoms with Crippen LogP contribution in [-0.4, -0.2) is 77.8 Å². The van der Waals surface area contributed by atoms with E-state index in [0.717, 1.165) is 48.3 Å². The van der Waals surface area contributed by atoms with Crippen LogP contribution >= 0.6 is 0 Å². The smallest absolute Gasteiger partial charge is 0.373 e. The molecule has 0 bridgehead atoms. The molecule has 0 aliphatic carbocycles. The fourth-order valence-electron chi connectivity index (χ4n) is 4.70. The van der Waals surface area contributed by atoms with Gasteiger partial charge >= 0.3 is 6.18 Å². The molecule has 39 heavy (non-hydrogen) atoms. The summed E-state index contributed by atoms with van der Waals surface area (Å²) in [5, 5.41) is 7.39. The Kier molecular flexibility index (Phi) is 9.15. The van der Waals surface area contributed by atoms with Crippen LogP contribution in [0.5, 0.6) is 0 Å². The number of nitrogens with zero attached hydrogens (tertiary/aromatic N) is 4. The second-order valence-corrected chi connectivity index (χ2v) is 10.2. The van der Waals surface area contributed by atoms with Crippen LogP contribution in [0.3, 0.4) is 0 Å². The maximum atomic E-state index is 13.4. The molecule has 2 N–H and O–H groups in total. The summed E-state index contributed by atoms with van der Waals surface area (Å²) in [5.74, 6) is 6.00. The zero-order chi connectivity index (χ0) is 28.0. The Labute approximate surface area is 227 Å². The number of amides is 1. The maximum Gasteiger partial charge on any atom is 0.406 e. The number of carbonyl (C=O) groups is 1. The van der Waals surface area contributed by atoms with Crippen molar-refractivity contribution in [3.05, 3.63) is 59.5 Å². The van der Waals surface area contributed by atoms with Crippen LogP contribution in [0.25, 0.3) is 10.9 Å². The number of likely N-dealkylation sites (tertiary alicyclic amines) is 1. The standard InChI is InChI=1S/C29H35F3N6O/c1-21-6-8-25(18-34-21)33-12-4-5-26-16-23-15-22(7-9-27(23)38(26)20-29(30,31)32)17-35-24-10-13-37(14-11-24)28(39)19-36(2)3/h6-9,15-16,18,24,33,35H,10-14,17,19-20H2,1-3H3. The summed E-state index contributed by atoms with van der Waals surface area (Å²) in [6, 6.07) is 11.3. The molecule has 1 saturated heterocycles. The second kappa shape index (κ2) is 12.5. The Hall–Kier alpha value is -3.55. The number of fused-ring (bicyclic) bond motifs is 1. The van der Waals surface area contributed by atoms with Gasteiger partial charge in [0.25, 0.3) is 0 Å². The summed E-state index contributed by atoms with van der Waals surface area (Å²) >= 11 is 0. The first-order valence-electron chi connectivity index (χ1n) is 13.1. The van der Waals surface area contributed by atoms with Crippen LogP contribution in [-0.2, 0) is 17.9 Å². The van der Waals surface area contributed by atoms with Crippen molar-refractivity contribution < 1.29 is 18.0 Å². The Balaban J connectivity index is 1.41. The van der Waals surface area contributed by atoms with Gasteiger partial charge in [0.05, 0.1) is 30.7 Å². The van der Waals surface area contributed by atoms with E-state index in [1.54, 1.807) is 18.3 Å². The molecule has 0 saturated carbocycles. The molecular weight excluding hydrogens is 505 g/mol. The first kappa shape index (κ1) is 28.5. The van der Waals surface area contributed by atoms with Gasteiger partial charge < -0.3 is 25.0 Å². The summed E-state index contributed by atoms with van der Waals surface area (Å²) in [4.78, 5) is 20.3. The van der Waals surface area contributed by atoms with E-state index >= 15 is 0 Å². The van der Waals surface area contributed by atoms with Gasteiger partial charge in [-0.15, -0.1) is 0 Å². The summed E-state index contributed by atoms with van der Waals surface area (Å²) < 4.78 is 41.4. The minimum Gasteiger partial charge on any atom is -0.373 e. The predicted octanol–water partition coefficient (Wildman–Crippen LogP) is 4.01. The van der Waals surface area contributed by atoms with E-state index < -0.39 is 12.7 Å². The molecule has 7 nitrogen and oxygen atoms in total. The number of benzene rings is 1. The summed E-state index contributed by atoms with van der Waals surface area (Å²) in [6.45, 7) is 3.55. The number of pyridine rings is 1. The predicted molar refractivity (Wildman–Crippen MR) is 147 cm³/mol. The van der Waals surface area contributed by atoms with E-state index in [-0.39, 0.29) is 18.5 Å². The number of piperidine rings is 1. The summed E-state index contributed by atoms with van der Waals surface area (Å²) in [5.41, 5.74) is 3.52. The number of aromatic nitrogens is 2. The van der Waals surface area contributed by atoms with E-state index in [4.69, 9.17) is 0 Å². The minimum absolute atomic E-state index is 0.147. The van der Waals surface area contributed by atoms with Crippen molar-refractivity contribution in [3.8, 4) is 11.8 Å². The van der Waals surface area contributed by atoms with Gasteiger partial charge in [0.2, 0.25) is 5.91 Å². The Morgan fingerprint density at radius 1 is 1.15 bits per heavy atom. The fourth-order valence-corrected chi connectivity index (χ4v) is 4.70. The van der Waals surface area contributed by atoms with Crippen molar-refractivity contribution in [2.24, 2.45) is 0 Å². The third kappa shape index (κ3) is 8.22. The SMILES string of the molecule is Cc1ccc(NCC#Cc2cc3cc(CNC4CCN(C(=O)CN(C)C)CC4)ccc3n2CC(F)(F)F)cn1. The second-order valence-electron chi connectivity index (χ2n) is 10.2. The molecular formula is C29H35F3N6O. The van der Waals surface area contributed by atoms with E-state index in [1.807, 2.05) is 55.1 Å². The van der Waals surface area contributed by atoms with Crippen LogP contribution in [0.4, 0.5) is 18.9 Å². The largest absolute Gasteiger partial charge is 0.406 e. The number of hydrogen-bond donors (Lipinski definition) is 2. The maximum absolute atomic E-state index is 13.4. The highest BCUT2D eigenvalue weighted by Crippen LogP contribution is 2.26. The van der Waals surface area contributed by atoms with Crippen molar-refractivity contribution in [2.75, 3.05) is 45.6 Å². The molecule has 4 rings (SSSR count). The van der Waals surface area contributed by atoms with Crippen molar-refractivity contribution in [3.63, 3.8) is 0 Å². The third-order valence-corrected chi connectivity index (χ3v) is 6.71. The van der Waals surface area contributed by atoms with Gasteiger partial charge in [-0.2, -0.15) is 13.2 Å². The molecule has 0 unspecified atom stereocenters. The zero-order valence-corrected chi connectivity index (χ0v) is 22.6. The molecule has 0 radical (unpaired) electrons. The van der Waals surface area contributed by atoms with Gasteiger partial charge in [-0.05, 0) is 75.7 Å². The lowest BCUT2D eigenvalue weighted by Gasteiger charge is -2.33. The quantitative estimate of drug-likeness (QED) is 0.423. The monoisotopic (exact) mass is 540 g/mol. The number of anilines is 1. The molecule has 1 amide bonds. The average Bonchev–Trinajstić information content (AvgIpc) is 3.21. The normalized spacial score (nSPS) is 14.5. The number of hydrogen-bond acceptors (Lipinski definition) is 5. The topological polar surface area (TPSA) is 65.4 Å². The van der Waals surface area contributed by atoms with Crippen LogP contribution in [0.15, 0.2) is 42.6 Å². The molecule has 1 aliphatic rings. The van der Waals surface area contributed by atoms with E-state index in [0.29, 0.717) is 24.3 Å². The highest BCUT2D eigenvalue weighted by atomic mass is 19.4. The van der Waals surface area contributed by atoms with E-state index in [2.05, 4.69) is 27.5 Å². The van der Waals surface area contributed by atoms with Gasteiger partial charge in [-0.3, -0.25) is 9.78 Å². The number of nitrogens with one attached hydrogen (secondary N) is 2. The number of likely N-dealkylation sites (N-methyl/N-ethyl adjacent to an activating group) is 1. The van der Waals surface area contributed by atoms with Crippen molar-refractivity contribution >= 4 is 22.5 Å². The van der Waals surface area contributed by atoms with Gasteiger partial charge in [0, 0.05) is 42.3 Å². The van der Waals surface area contributed by atoms with Crippen molar-refractivity contribution in [2.45, 2.75) is 45.1 Å². The molecule has 1 fully saturated rings. The number of carbonyl (C=O) groups excluding carboxylic acids is 1. The average molecular weight is 541 g/mol. The lowest BCUT2D eigenvalue weighted by Crippen LogP contribution is -2.47. The number of alkyl halides is 3. The third-order valence-electron chi connectivity index (χ3n) is 6.71. The number of rotatable bonds is 8. The molecule has 10 heteroatoms. The first-order valence-corrected chi connectivity index (χ1v) is 13.1. The Morgan fingerprint density at radius 3 is 2.59 bits per heavy atom. The van der Waals surface area contributed by atoms with Gasteiger partial charge in [-0.1, -0.05) is 12.0 Å². The molecule has 0 atom stereocenters. The lowest BCUT2D eigenvalue weighted by molar-refractivity contribution is -0.140. The molecule has 2 aromatic heterocycles. The van der Waals surface area contributed by atoms with Crippen LogP contribution in [0.2, 0.25) is 0 Å². The lowest BCUT2D eigenvalue weighted by atomic mass is 10.0. The van der Waals surface area contributed by atoms with E-state index in [9.17, 15) is 18.0 Å². The fraction of sp³-hybridized carbons (Fsp3) is 0.448. The van der Waals surface area contributed by atoms with Crippen molar-refractivity contribution in [1.82, 2.24) is 24.7 Å². The van der Waals surface area contributed by atoms with Gasteiger partial charge in [0.1, 0.15) is 6.54 Å². The molecule has 1 aliphatic heterocycles. The number of aryl methyl sites for hydroxylation is 1. The van der Waals surface area contributed by atoms with Gasteiger partial charge in [-0.25, -0.2) is 0 Å². The first-order chi connectivity index (χ1) is 18.6. The highest BCUT2D eigenvalue weighted by molar-refractivity contribution is 5.83.